The topological polar surface area (TPSA) is 79.8 Å². The number of benzene rings is 2. The molecule has 0 bridgehead atoms. The quantitative estimate of drug-likeness (QED) is 0.676. The summed E-state index contributed by atoms with van der Waals surface area (Å²) in [4.78, 5) is 23.6. The Bertz CT molecular complexity index is 953. The Hall–Kier alpha value is -3.15. The molecule has 0 spiro atoms. The van der Waals surface area contributed by atoms with Gasteiger partial charge in [-0.3, -0.25) is 9.36 Å². The van der Waals surface area contributed by atoms with Gasteiger partial charge >= 0.3 is 5.69 Å². The molecule has 0 aliphatic carbocycles. The Morgan fingerprint density at radius 3 is 2.22 bits per heavy atom. The number of aromatic nitrogens is 3. The minimum atomic E-state index is -0.255. The number of H-pyrrole nitrogens is 1. The minimum Gasteiger partial charge on any atom is -0.352 e. The molecule has 0 aliphatic heterocycles. The summed E-state index contributed by atoms with van der Waals surface area (Å²) in [5.74, 6) is 0.475. The maximum atomic E-state index is 12.3. The van der Waals surface area contributed by atoms with Crippen molar-refractivity contribution in [3.05, 3.63) is 76.0 Å². The molecule has 0 saturated carbocycles. The molecule has 6 heteroatoms. The lowest BCUT2D eigenvalue weighted by molar-refractivity contribution is 0.0954. The molecular formula is C21H24N4O2. The molecule has 2 aromatic carbocycles. The van der Waals surface area contributed by atoms with Crippen LogP contribution in [0.25, 0.3) is 11.1 Å². The fourth-order valence-electron chi connectivity index (χ4n) is 2.96. The van der Waals surface area contributed by atoms with Crippen LogP contribution in [0.3, 0.4) is 0 Å². The van der Waals surface area contributed by atoms with Gasteiger partial charge in [0.25, 0.3) is 5.91 Å². The lowest BCUT2D eigenvalue weighted by Gasteiger charge is -2.07. The van der Waals surface area contributed by atoms with E-state index < -0.39 is 0 Å². The van der Waals surface area contributed by atoms with Gasteiger partial charge in [-0.1, -0.05) is 49.7 Å². The third-order valence-electron chi connectivity index (χ3n) is 4.58. The SMILES string of the molecule is CCCc1ccc(-c2ccc(C(=O)NCCc3n[nH]c(=O)n3C)cc2)cc1. The van der Waals surface area contributed by atoms with Gasteiger partial charge < -0.3 is 5.32 Å². The number of rotatable bonds is 7. The van der Waals surface area contributed by atoms with E-state index in [9.17, 15) is 9.59 Å². The lowest BCUT2D eigenvalue weighted by atomic mass is 10.0. The van der Waals surface area contributed by atoms with Crippen molar-refractivity contribution in [2.45, 2.75) is 26.2 Å². The van der Waals surface area contributed by atoms with E-state index in [1.807, 2.05) is 24.3 Å². The first kappa shape index (κ1) is 18.6. The second-order valence-corrected chi connectivity index (χ2v) is 6.53. The van der Waals surface area contributed by atoms with E-state index in [2.05, 4.69) is 46.7 Å². The van der Waals surface area contributed by atoms with Gasteiger partial charge in [-0.05, 0) is 35.2 Å². The predicted molar refractivity (Wildman–Crippen MR) is 106 cm³/mol. The average Bonchev–Trinajstić information content (AvgIpc) is 3.01. The van der Waals surface area contributed by atoms with Gasteiger partial charge in [0.05, 0.1) is 0 Å². The third kappa shape index (κ3) is 4.53. The molecule has 3 aromatic rings. The highest BCUT2D eigenvalue weighted by Crippen LogP contribution is 2.21. The average molecular weight is 364 g/mol. The number of nitrogens with one attached hydrogen (secondary N) is 2. The molecule has 1 heterocycles. The van der Waals surface area contributed by atoms with Crippen molar-refractivity contribution < 1.29 is 4.79 Å². The van der Waals surface area contributed by atoms with Crippen LogP contribution >= 0.6 is 0 Å². The fraction of sp³-hybridized carbons (Fsp3) is 0.286. The lowest BCUT2D eigenvalue weighted by Crippen LogP contribution is -2.26. The van der Waals surface area contributed by atoms with E-state index in [0.717, 1.165) is 24.0 Å². The van der Waals surface area contributed by atoms with Crippen molar-refractivity contribution in [2.75, 3.05) is 6.54 Å². The zero-order valence-corrected chi connectivity index (χ0v) is 15.7. The Morgan fingerprint density at radius 1 is 1.04 bits per heavy atom. The summed E-state index contributed by atoms with van der Waals surface area (Å²) in [6.07, 6.45) is 2.72. The summed E-state index contributed by atoms with van der Waals surface area (Å²) in [6.45, 7) is 2.59. The zero-order chi connectivity index (χ0) is 19.2. The first-order valence-corrected chi connectivity index (χ1v) is 9.16. The number of hydrogen-bond donors (Lipinski definition) is 2. The largest absolute Gasteiger partial charge is 0.352 e. The molecule has 0 saturated heterocycles. The second kappa shape index (κ2) is 8.49. The maximum Gasteiger partial charge on any atom is 0.343 e. The van der Waals surface area contributed by atoms with E-state index in [1.165, 1.54) is 10.1 Å². The van der Waals surface area contributed by atoms with E-state index >= 15 is 0 Å². The van der Waals surface area contributed by atoms with E-state index in [-0.39, 0.29) is 11.6 Å². The van der Waals surface area contributed by atoms with E-state index in [1.54, 1.807) is 7.05 Å². The number of nitrogens with zero attached hydrogens (tertiary/aromatic N) is 2. The van der Waals surface area contributed by atoms with Crippen molar-refractivity contribution in [1.82, 2.24) is 20.1 Å². The summed E-state index contributed by atoms with van der Waals surface area (Å²) < 4.78 is 1.44. The van der Waals surface area contributed by atoms with Gasteiger partial charge in [0.15, 0.2) is 0 Å². The van der Waals surface area contributed by atoms with Crippen LogP contribution in [0, 0.1) is 0 Å². The smallest absolute Gasteiger partial charge is 0.343 e. The first-order valence-electron chi connectivity index (χ1n) is 9.16. The van der Waals surface area contributed by atoms with Gasteiger partial charge in [-0.2, -0.15) is 5.10 Å². The van der Waals surface area contributed by atoms with E-state index in [4.69, 9.17) is 0 Å². The zero-order valence-electron chi connectivity index (χ0n) is 15.7. The Morgan fingerprint density at radius 2 is 1.67 bits per heavy atom. The molecule has 1 aromatic heterocycles. The standard InChI is InChI=1S/C21H24N4O2/c1-3-4-15-5-7-16(8-6-15)17-9-11-18(12-10-17)20(26)22-14-13-19-23-24-21(27)25(19)2/h5-12H,3-4,13-14H2,1-2H3,(H,22,26)(H,24,27). The number of amides is 1. The number of aromatic amines is 1. The molecule has 0 unspecified atom stereocenters. The van der Waals surface area contributed by atoms with Crippen molar-refractivity contribution in [2.24, 2.45) is 7.05 Å². The van der Waals surface area contributed by atoms with Crippen LogP contribution in [0.4, 0.5) is 0 Å². The normalized spacial score (nSPS) is 10.7. The second-order valence-electron chi connectivity index (χ2n) is 6.53. The molecule has 0 radical (unpaired) electrons. The predicted octanol–water partition coefficient (Wildman–Crippen LogP) is 2.70. The van der Waals surface area contributed by atoms with Crippen LogP contribution in [0.1, 0.15) is 35.1 Å². The highest BCUT2D eigenvalue weighted by molar-refractivity contribution is 5.94. The van der Waals surface area contributed by atoms with Crippen LogP contribution in [0.15, 0.2) is 53.3 Å². The third-order valence-corrected chi connectivity index (χ3v) is 4.58. The van der Waals surface area contributed by atoms with Crippen LogP contribution in [-0.4, -0.2) is 27.2 Å². The maximum absolute atomic E-state index is 12.3. The van der Waals surface area contributed by atoms with Crippen molar-refractivity contribution in [1.29, 1.82) is 0 Å². The molecule has 140 valence electrons. The molecular weight excluding hydrogens is 340 g/mol. The molecule has 0 fully saturated rings. The summed E-state index contributed by atoms with van der Waals surface area (Å²) in [5.41, 5.74) is 3.92. The number of hydrogen-bond acceptors (Lipinski definition) is 3. The van der Waals surface area contributed by atoms with Crippen molar-refractivity contribution >= 4 is 5.91 Å². The summed E-state index contributed by atoms with van der Waals surface area (Å²) in [5, 5.41) is 9.16. The molecule has 0 aliphatic rings. The first-order chi connectivity index (χ1) is 13.1. The Labute approximate surface area is 158 Å². The van der Waals surface area contributed by atoms with Gasteiger partial charge in [-0.25, -0.2) is 9.89 Å². The molecule has 0 atom stereocenters. The van der Waals surface area contributed by atoms with Crippen molar-refractivity contribution in [3.63, 3.8) is 0 Å². The van der Waals surface area contributed by atoms with Gasteiger partial charge in [0, 0.05) is 25.6 Å². The van der Waals surface area contributed by atoms with Crippen LogP contribution < -0.4 is 11.0 Å². The summed E-state index contributed by atoms with van der Waals surface area (Å²) >= 11 is 0. The number of carbonyl (C=O) groups is 1. The van der Waals surface area contributed by atoms with Crippen molar-refractivity contribution in [3.8, 4) is 11.1 Å². The van der Waals surface area contributed by atoms with Crippen LogP contribution in [-0.2, 0) is 19.9 Å². The molecule has 1 amide bonds. The number of aryl methyl sites for hydroxylation is 1. The van der Waals surface area contributed by atoms with Gasteiger partial charge in [0.2, 0.25) is 0 Å². The molecule has 27 heavy (non-hydrogen) atoms. The Kier molecular flexibility index (Phi) is 5.86. The van der Waals surface area contributed by atoms with Gasteiger partial charge in [0.1, 0.15) is 5.82 Å². The minimum absolute atomic E-state index is 0.139. The summed E-state index contributed by atoms with van der Waals surface area (Å²) in [6, 6.07) is 16.1. The highest BCUT2D eigenvalue weighted by Gasteiger charge is 2.08. The monoisotopic (exact) mass is 364 g/mol. The highest BCUT2D eigenvalue weighted by atomic mass is 16.2. The number of carbonyl (C=O) groups excluding carboxylic acids is 1. The molecule has 3 rings (SSSR count). The summed E-state index contributed by atoms with van der Waals surface area (Å²) in [7, 11) is 1.65. The molecule has 6 nitrogen and oxygen atoms in total. The van der Waals surface area contributed by atoms with Gasteiger partial charge in [-0.15, -0.1) is 0 Å². The van der Waals surface area contributed by atoms with E-state index in [0.29, 0.717) is 24.4 Å². The fourth-order valence-corrected chi connectivity index (χ4v) is 2.96. The van der Waals surface area contributed by atoms with Crippen LogP contribution in [0.5, 0.6) is 0 Å². The Balaban J connectivity index is 1.58. The molecule has 2 N–H and O–H groups in total. The van der Waals surface area contributed by atoms with Crippen LogP contribution in [0.2, 0.25) is 0 Å².